The molecule has 1 aromatic carbocycles. The molecule has 3 rings (SSSR count). The molecule has 1 saturated heterocycles. The van der Waals surface area contributed by atoms with Crippen molar-refractivity contribution in [2.75, 3.05) is 53.0 Å². The van der Waals surface area contributed by atoms with Crippen LogP contribution in [-0.2, 0) is 0 Å². The fraction of sp³-hybridized carbons (Fsp3) is 0.542. The molecule has 1 aliphatic rings. The van der Waals surface area contributed by atoms with Crippen LogP contribution in [0.25, 0.3) is 0 Å². The number of carbonyl (C=O) groups is 1. The summed E-state index contributed by atoms with van der Waals surface area (Å²) in [6, 6.07) is 10.1. The summed E-state index contributed by atoms with van der Waals surface area (Å²) in [5, 5.41) is 0. The Bertz CT molecular complexity index is 834. The van der Waals surface area contributed by atoms with Gasteiger partial charge < -0.3 is 14.0 Å². The summed E-state index contributed by atoms with van der Waals surface area (Å²) in [4.78, 5) is 17.5. The molecule has 0 amide bonds. The predicted octanol–water partition coefficient (Wildman–Crippen LogP) is 3.57. The second-order valence-electron chi connectivity index (χ2n) is 8.31. The largest absolute Gasteiger partial charge is 0.497 e. The van der Waals surface area contributed by atoms with E-state index in [0.29, 0.717) is 19.2 Å². The van der Waals surface area contributed by atoms with Gasteiger partial charge in [0, 0.05) is 55.7 Å². The van der Waals surface area contributed by atoms with Crippen molar-refractivity contribution >= 4 is 5.78 Å². The van der Waals surface area contributed by atoms with Crippen molar-refractivity contribution in [1.82, 2.24) is 14.4 Å². The summed E-state index contributed by atoms with van der Waals surface area (Å²) >= 11 is 0. The number of carbonyl (C=O) groups excluding carboxylic acids is 1. The van der Waals surface area contributed by atoms with Crippen LogP contribution in [0.1, 0.15) is 41.6 Å². The molecule has 164 valence electrons. The van der Waals surface area contributed by atoms with Crippen LogP contribution in [0.5, 0.6) is 11.5 Å². The molecule has 6 heteroatoms. The molecule has 0 bridgehead atoms. The molecule has 0 saturated carbocycles. The zero-order valence-corrected chi connectivity index (χ0v) is 19.0. The van der Waals surface area contributed by atoms with E-state index in [1.54, 1.807) is 7.11 Å². The summed E-state index contributed by atoms with van der Waals surface area (Å²) < 4.78 is 13.2. The van der Waals surface area contributed by atoms with Gasteiger partial charge in [-0.3, -0.25) is 14.6 Å². The SMILES string of the molecule is COc1ccc(OCCN2CCN(CC(=O)c3cc(C)n(C(C)C)c3C)CC2)cc1. The van der Waals surface area contributed by atoms with E-state index in [4.69, 9.17) is 9.47 Å². The third-order valence-electron chi connectivity index (χ3n) is 5.87. The molecule has 2 aromatic rings. The molecule has 30 heavy (non-hydrogen) atoms. The lowest BCUT2D eigenvalue weighted by molar-refractivity contribution is 0.0830. The van der Waals surface area contributed by atoms with Crippen LogP contribution >= 0.6 is 0 Å². The topological polar surface area (TPSA) is 46.9 Å². The lowest BCUT2D eigenvalue weighted by Crippen LogP contribution is -2.48. The molecule has 0 aliphatic carbocycles. The van der Waals surface area contributed by atoms with Crippen molar-refractivity contribution in [3.63, 3.8) is 0 Å². The second kappa shape index (κ2) is 10.1. The number of Topliss-reactive ketones (excluding diaryl/α,β-unsaturated/α-hetero) is 1. The van der Waals surface area contributed by atoms with Crippen molar-refractivity contribution in [1.29, 1.82) is 0 Å². The van der Waals surface area contributed by atoms with Gasteiger partial charge in [-0.2, -0.15) is 0 Å². The van der Waals surface area contributed by atoms with Gasteiger partial charge in [-0.25, -0.2) is 0 Å². The van der Waals surface area contributed by atoms with Gasteiger partial charge in [-0.05, 0) is 58.0 Å². The van der Waals surface area contributed by atoms with E-state index in [1.807, 2.05) is 30.3 Å². The Morgan fingerprint density at radius 3 is 2.17 bits per heavy atom. The van der Waals surface area contributed by atoms with Gasteiger partial charge in [0.15, 0.2) is 5.78 Å². The number of ketones is 1. The first-order valence-electron chi connectivity index (χ1n) is 10.8. The minimum atomic E-state index is 0.228. The first-order chi connectivity index (χ1) is 14.4. The Morgan fingerprint density at radius 2 is 1.60 bits per heavy atom. The Kier molecular flexibility index (Phi) is 7.56. The average Bonchev–Trinajstić information content (AvgIpc) is 3.04. The normalized spacial score (nSPS) is 15.5. The van der Waals surface area contributed by atoms with Crippen LogP contribution in [0.2, 0.25) is 0 Å². The van der Waals surface area contributed by atoms with Crippen molar-refractivity contribution in [2.24, 2.45) is 0 Å². The standard InChI is InChI=1S/C24H35N3O3/c1-18(2)27-19(3)16-23(20(27)4)24(28)17-26-12-10-25(11-13-26)14-15-30-22-8-6-21(29-5)7-9-22/h6-9,16,18H,10-15,17H2,1-5H3. The van der Waals surface area contributed by atoms with Gasteiger partial charge in [0.2, 0.25) is 0 Å². The van der Waals surface area contributed by atoms with Crippen LogP contribution in [0.15, 0.2) is 30.3 Å². The fourth-order valence-corrected chi connectivity index (χ4v) is 4.28. The molecule has 0 spiro atoms. The van der Waals surface area contributed by atoms with Gasteiger partial charge in [0.25, 0.3) is 0 Å². The monoisotopic (exact) mass is 413 g/mol. The van der Waals surface area contributed by atoms with E-state index < -0.39 is 0 Å². The Hall–Kier alpha value is -2.31. The number of hydrogen-bond donors (Lipinski definition) is 0. The highest BCUT2D eigenvalue weighted by Gasteiger charge is 2.22. The molecule has 1 aliphatic heterocycles. The molecule has 1 fully saturated rings. The summed E-state index contributed by atoms with van der Waals surface area (Å²) in [6.07, 6.45) is 0. The smallest absolute Gasteiger partial charge is 0.178 e. The van der Waals surface area contributed by atoms with Crippen molar-refractivity contribution in [3.05, 3.63) is 47.3 Å². The molecular formula is C24H35N3O3. The molecule has 0 unspecified atom stereocenters. The van der Waals surface area contributed by atoms with E-state index in [0.717, 1.165) is 61.2 Å². The van der Waals surface area contributed by atoms with Crippen LogP contribution in [0.4, 0.5) is 0 Å². The van der Waals surface area contributed by atoms with Gasteiger partial charge >= 0.3 is 0 Å². The van der Waals surface area contributed by atoms with E-state index in [2.05, 4.69) is 42.1 Å². The zero-order chi connectivity index (χ0) is 21.7. The average molecular weight is 414 g/mol. The van der Waals surface area contributed by atoms with Gasteiger partial charge in [0.05, 0.1) is 13.7 Å². The lowest BCUT2D eigenvalue weighted by Gasteiger charge is -2.34. The predicted molar refractivity (Wildman–Crippen MR) is 120 cm³/mol. The molecule has 0 N–H and O–H groups in total. The third kappa shape index (κ3) is 5.43. The Morgan fingerprint density at radius 1 is 1.00 bits per heavy atom. The van der Waals surface area contributed by atoms with E-state index in [-0.39, 0.29) is 5.78 Å². The van der Waals surface area contributed by atoms with Crippen molar-refractivity contribution in [2.45, 2.75) is 33.7 Å². The Balaban J connectivity index is 1.42. The summed E-state index contributed by atoms with van der Waals surface area (Å²) in [5.41, 5.74) is 3.12. The molecule has 0 radical (unpaired) electrons. The molecular weight excluding hydrogens is 378 g/mol. The third-order valence-corrected chi connectivity index (χ3v) is 5.87. The zero-order valence-electron chi connectivity index (χ0n) is 19.0. The van der Waals surface area contributed by atoms with Crippen molar-refractivity contribution in [3.8, 4) is 11.5 Å². The fourth-order valence-electron chi connectivity index (χ4n) is 4.28. The number of aromatic nitrogens is 1. The number of nitrogens with zero attached hydrogens (tertiary/aromatic N) is 3. The maximum atomic E-state index is 12.9. The molecule has 6 nitrogen and oxygen atoms in total. The highest BCUT2D eigenvalue weighted by atomic mass is 16.5. The Labute approximate surface area is 180 Å². The first kappa shape index (κ1) is 22.4. The number of piperazine rings is 1. The molecule has 2 heterocycles. The summed E-state index contributed by atoms with van der Waals surface area (Å²) in [5.74, 6) is 1.92. The number of ether oxygens (including phenoxy) is 2. The highest BCUT2D eigenvalue weighted by molar-refractivity contribution is 5.99. The summed E-state index contributed by atoms with van der Waals surface area (Å²) in [7, 11) is 1.66. The van der Waals surface area contributed by atoms with Gasteiger partial charge in [-0.1, -0.05) is 0 Å². The van der Waals surface area contributed by atoms with Crippen LogP contribution in [0.3, 0.4) is 0 Å². The number of benzene rings is 1. The van der Waals surface area contributed by atoms with E-state index in [1.165, 1.54) is 0 Å². The van der Waals surface area contributed by atoms with Gasteiger partial charge in [0.1, 0.15) is 18.1 Å². The van der Waals surface area contributed by atoms with E-state index in [9.17, 15) is 4.79 Å². The van der Waals surface area contributed by atoms with Gasteiger partial charge in [-0.15, -0.1) is 0 Å². The minimum Gasteiger partial charge on any atom is -0.497 e. The van der Waals surface area contributed by atoms with E-state index >= 15 is 0 Å². The molecule has 0 atom stereocenters. The van der Waals surface area contributed by atoms with Crippen LogP contribution in [-0.4, -0.2) is 73.1 Å². The number of methoxy groups -OCH3 is 1. The minimum absolute atomic E-state index is 0.228. The van der Waals surface area contributed by atoms with Crippen LogP contribution in [0, 0.1) is 13.8 Å². The second-order valence-corrected chi connectivity index (χ2v) is 8.31. The van der Waals surface area contributed by atoms with Crippen LogP contribution < -0.4 is 9.47 Å². The highest BCUT2D eigenvalue weighted by Crippen LogP contribution is 2.21. The maximum absolute atomic E-state index is 12.9. The number of hydrogen-bond acceptors (Lipinski definition) is 5. The quantitative estimate of drug-likeness (QED) is 0.588. The number of rotatable bonds is 9. The van der Waals surface area contributed by atoms with Crippen molar-refractivity contribution < 1.29 is 14.3 Å². The lowest BCUT2D eigenvalue weighted by atomic mass is 10.1. The molecule has 1 aromatic heterocycles. The maximum Gasteiger partial charge on any atom is 0.178 e. The first-order valence-corrected chi connectivity index (χ1v) is 10.8. The summed E-state index contributed by atoms with van der Waals surface area (Å²) in [6.45, 7) is 14.3. The number of aryl methyl sites for hydroxylation is 1.